The van der Waals surface area contributed by atoms with Gasteiger partial charge in [-0.2, -0.15) is 0 Å². The van der Waals surface area contributed by atoms with Crippen LogP contribution < -0.4 is 10.5 Å². The second-order valence-corrected chi connectivity index (χ2v) is 8.06. The standard InChI is InChI=1S/C23H30FN3O2/c1-15-10-22(16(2)9-21(15)25)29-14-23(28)27-12-17(3)26(11-18(27)4)13-19-5-7-20(24)8-6-19/h5-10,17-18H,11-14,25H2,1-4H3. The lowest BCUT2D eigenvalue weighted by Crippen LogP contribution is -2.58. The number of aryl methyl sites for hydroxylation is 2. The summed E-state index contributed by atoms with van der Waals surface area (Å²) in [5.41, 5.74) is 9.57. The first-order chi connectivity index (χ1) is 13.7. The van der Waals surface area contributed by atoms with Gasteiger partial charge in [0.05, 0.1) is 0 Å². The molecule has 0 spiro atoms. The zero-order valence-corrected chi connectivity index (χ0v) is 17.6. The molecular weight excluding hydrogens is 369 g/mol. The molecule has 3 rings (SSSR count). The summed E-state index contributed by atoms with van der Waals surface area (Å²) in [7, 11) is 0. The number of nitrogens with zero attached hydrogens (tertiary/aromatic N) is 2. The van der Waals surface area contributed by atoms with Crippen molar-refractivity contribution in [2.45, 2.75) is 46.3 Å². The molecule has 6 heteroatoms. The number of amides is 1. The number of ether oxygens (including phenoxy) is 1. The van der Waals surface area contributed by atoms with Gasteiger partial charge >= 0.3 is 0 Å². The Morgan fingerprint density at radius 3 is 2.48 bits per heavy atom. The van der Waals surface area contributed by atoms with Gasteiger partial charge in [-0.15, -0.1) is 0 Å². The smallest absolute Gasteiger partial charge is 0.260 e. The number of rotatable bonds is 5. The van der Waals surface area contributed by atoms with Crippen LogP contribution in [0.5, 0.6) is 5.75 Å². The average molecular weight is 400 g/mol. The van der Waals surface area contributed by atoms with Crippen molar-refractivity contribution in [2.75, 3.05) is 25.4 Å². The van der Waals surface area contributed by atoms with Gasteiger partial charge in [0.1, 0.15) is 11.6 Å². The normalized spacial score (nSPS) is 20.0. The number of nitrogens with two attached hydrogens (primary N) is 1. The molecule has 1 aliphatic heterocycles. The van der Waals surface area contributed by atoms with Crippen LogP contribution >= 0.6 is 0 Å². The van der Waals surface area contributed by atoms with Crippen molar-refractivity contribution in [3.63, 3.8) is 0 Å². The van der Waals surface area contributed by atoms with E-state index in [1.165, 1.54) is 12.1 Å². The topological polar surface area (TPSA) is 58.8 Å². The van der Waals surface area contributed by atoms with Crippen molar-refractivity contribution in [3.8, 4) is 5.75 Å². The number of halogens is 1. The van der Waals surface area contributed by atoms with Crippen molar-refractivity contribution in [3.05, 3.63) is 58.9 Å². The first-order valence-corrected chi connectivity index (χ1v) is 10.0. The number of nitrogen functional groups attached to an aromatic ring is 1. The van der Waals surface area contributed by atoms with Crippen molar-refractivity contribution in [2.24, 2.45) is 0 Å². The highest BCUT2D eigenvalue weighted by Crippen LogP contribution is 2.25. The molecule has 1 heterocycles. The summed E-state index contributed by atoms with van der Waals surface area (Å²) in [6.07, 6.45) is 0. The van der Waals surface area contributed by atoms with E-state index in [1.807, 2.05) is 43.0 Å². The van der Waals surface area contributed by atoms with Gasteiger partial charge in [0, 0.05) is 37.4 Å². The lowest BCUT2D eigenvalue weighted by molar-refractivity contribution is -0.139. The molecule has 0 aliphatic carbocycles. The lowest BCUT2D eigenvalue weighted by Gasteiger charge is -2.44. The molecule has 1 saturated heterocycles. The van der Waals surface area contributed by atoms with Gasteiger partial charge in [0.25, 0.3) is 5.91 Å². The number of carbonyl (C=O) groups is 1. The first kappa shape index (κ1) is 21.1. The van der Waals surface area contributed by atoms with E-state index < -0.39 is 0 Å². The summed E-state index contributed by atoms with van der Waals surface area (Å²) in [6.45, 7) is 10.2. The third kappa shape index (κ3) is 5.07. The highest BCUT2D eigenvalue weighted by Gasteiger charge is 2.32. The molecule has 5 nitrogen and oxygen atoms in total. The Balaban J connectivity index is 1.58. The molecule has 1 aliphatic rings. The molecule has 2 aromatic rings. The fourth-order valence-electron chi connectivity index (χ4n) is 3.78. The molecule has 1 fully saturated rings. The second kappa shape index (κ2) is 8.82. The van der Waals surface area contributed by atoms with Crippen LogP contribution in [0.15, 0.2) is 36.4 Å². The van der Waals surface area contributed by atoms with Crippen LogP contribution in [0.2, 0.25) is 0 Å². The lowest BCUT2D eigenvalue weighted by atomic mass is 10.1. The number of piperazine rings is 1. The fourth-order valence-corrected chi connectivity index (χ4v) is 3.78. The number of anilines is 1. The van der Waals surface area contributed by atoms with E-state index >= 15 is 0 Å². The predicted octanol–water partition coefficient (Wildman–Crippen LogP) is 3.52. The Labute approximate surface area is 172 Å². The Morgan fingerprint density at radius 2 is 1.79 bits per heavy atom. The Kier molecular flexibility index (Phi) is 6.42. The quantitative estimate of drug-likeness (QED) is 0.782. The monoisotopic (exact) mass is 399 g/mol. The summed E-state index contributed by atoms with van der Waals surface area (Å²) < 4.78 is 18.9. The molecule has 0 radical (unpaired) electrons. The predicted molar refractivity (Wildman–Crippen MR) is 113 cm³/mol. The maximum Gasteiger partial charge on any atom is 0.260 e. The zero-order valence-electron chi connectivity index (χ0n) is 17.6. The largest absolute Gasteiger partial charge is 0.483 e. The molecule has 2 N–H and O–H groups in total. The number of hydrogen-bond acceptors (Lipinski definition) is 4. The highest BCUT2D eigenvalue weighted by atomic mass is 19.1. The van der Waals surface area contributed by atoms with E-state index in [4.69, 9.17) is 10.5 Å². The number of hydrogen-bond donors (Lipinski definition) is 1. The Bertz CT molecular complexity index is 869. The molecule has 2 aromatic carbocycles. The van der Waals surface area contributed by atoms with Crippen molar-refractivity contribution >= 4 is 11.6 Å². The average Bonchev–Trinajstić information content (AvgIpc) is 2.67. The fraction of sp³-hybridized carbons (Fsp3) is 0.435. The second-order valence-electron chi connectivity index (χ2n) is 8.06. The van der Waals surface area contributed by atoms with E-state index in [0.717, 1.165) is 35.5 Å². The molecule has 29 heavy (non-hydrogen) atoms. The summed E-state index contributed by atoms with van der Waals surface area (Å²) in [6, 6.07) is 10.6. The molecule has 0 aromatic heterocycles. The van der Waals surface area contributed by atoms with Gasteiger partial charge in [0.15, 0.2) is 6.61 Å². The van der Waals surface area contributed by atoms with Gasteiger partial charge in [0.2, 0.25) is 0 Å². The van der Waals surface area contributed by atoms with Crippen LogP contribution in [0.1, 0.15) is 30.5 Å². The minimum atomic E-state index is -0.225. The molecule has 0 bridgehead atoms. The molecule has 2 unspecified atom stereocenters. The molecule has 156 valence electrons. The molecule has 1 amide bonds. The van der Waals surface area contributed by atoms with Crippen LogP contribution in [-0.2, 0) is 11.3 Å². The Morgan fingerprint density at radius 1 is 1.10 bits per heavy atom. The highest BCUT2D eigenvalue weighted by molar-refractivity contribution is 5.78. The zero-order chi connectivity index (χ0) is 21.1. The summed E-state index contributed by atoms with van der Waals surface area (Å²) >= 11 is 0. The van der Waals surface area contributed by atoms with Crippen molar-refractivity contribution in [1.82, 2.24) is 9.80 Å². The SMILES string of the molecule is Cc1cc(OCC(=O)N2CC(C)N(Cc3ccc(F)cc3)CC2C)c(C)cc1N. The summed E-state index contributed by atoms with van der Waals surface area (Å²) in [4.78, 5) is 17.0. The summed E-state index contributed by atoms with van der Waals surface area (Å²) in [5.74, 6) is 0.456. The third-order valence-corrected chi connectivity index (χ3v) is 5.65. The van der Waals surface area contributed by atoms with Crippen molar-refractivity contribution in [1.29, 1.82) is 0 Å². The summed E-state index contributed by atoms with van der Waals surface area (Å²) in [5, 5.41) is 0. The Hall–Kier alpha value is -2.60. The van der Waals surface area contributed by atoms with Gasteiger partial charge in [-0.05, 0) is 68.7 Å². The third-order valence-electron chi connectivity index (χ3n) is 5.65. The molecule has 0 saturated carbocycles. The molecule has 2 atom stereocenters. The van der Waals surface area contributed by atoms with E-state index in [0.29, 0.717) is 12.3 Å². The van der Waals surface area contributed by atoms with E-state index in [9.17, 15) is 9.18 Å². The maximum atomic E-state index is 13.1. The van der Waals surface area contributed by atoms with Crippen LogP contribution in [0, 0.1) is 19.7 Å². The molecular formula is C23H30FN3O2. The van der Waals surface area contributed by atoms with E-state index in [1.54, 1.807) is 0 Å². The van der Waals surface area contributed by atoms with Crippen LogP contribution in [-0.4, -0.2) is 47.5 Å². The van der Waals surface area contributed by atoms with E-state index in [2.05, 4.69) is 18.7 Å². The number of benzene rings is 2. The van der Waals surface area contributed by atoms with Crippen LogP contribution in [0.4, 0.5) is 10.1 Å². The van der Waals surface area contributed by atoms with Gasteiger partial charge in [-0.1, -0.05) is 12.1 Å². The van der Waals surface area contributed by atoms with Crippen LogP contribution in [0.3, 0.4) is 0 Å². The van der Waals surface area contributed by atoms with Crippen LogP contribution in [0.25, 0.3) is 0 Å². The van der Waals surface area contributed by atoms with Gasteiger partial charge < -0.3 is 15.4 Å². The van der Waals surface area contributed by atoms with E-state index in [-0.39, 0.29) is 30.4 Å². The van der Waals surface area contributed by atoms with Gasteiger partial charge in [-0.3, -0.25) is 9.69 Å². The number of carbonyl (C=O) groups excluding carboxylic acids is 1. The van der Waals surface area contributed by atoms with Crippen molar-refractivity contribution < 1.29 is 13.9 Å². The van der Waals surface area contributed by atoms with Gasteiger partial charge in [-0.25, -0.2) is 4.39 Å². The minimum Gasteiger partial charge on any atom is -0.483 e. The minimum absolute atomic E-state index is 0.0131. The first-order valence-electron chi connectivity index (χ1n) is 10.0. The maximum absolute atomic E-state index is 13.1.